The molecule has 0 radical (unpaired) electrons. The van der Waals surface area contributed by atoms with Crippen LogP contribution in [0.2, 0.25) is 0 Å². The monoisotopic (exact) mass is 213 g/mol. The van der Waals surface area contributed by atoms with Crippen LogP contribution in [0.4, 0.5) is 0 Å². The maximum Gasteiger partial charge on any atom is 0.242 e. The van der Waals surface area contributed by atoms with Crippen molar-refractivity contribution in [2.75, 3.05) is 26.2 Å². The van der Waals surface area contributed by atoms with Crippen molar-refractivity contribution < 1.29 is 9.59 Å². The fraction of sp³-hybridized carbons (Fsp3) is 0.600. The van der Waals surface area contributed by atoms with Crippen molar-refractivity contribution in [3.63, 3.8) is 0 Å². The minimum atomic E-state index is -0.324. The van der Waals surface area contributed by atoms with E-state index in [9.17, 15) is 9.59 Å². The second kappa shape index (κ2) is 7.00. The number of carbonyl (C=O) groups excluding carboxylic acids is 2. The van der Waals surface area contributed by atoms with Gasteiger partial charge >= 0.3 is 0 Å². The average Bonchev–Trinajstić information content (AvgIpc) is 2.21. The summed E-state index contributed by atoms with van der Waals surface area (Å²) in [6, 6.07) is 0. The molecule has 0 aliphatic carbocycles. The molecule has 0 aromatic heterocycles. The Balaban J connectivity index is 4.04. The minimum Gasteiger partial charge on any atom is -0.346 e. The van der Waals surface area contributed by atoms with Crippen LogP contribution in [0.5, 0.6) is 0 Å². The highest BCUT2D eigenvalue weighted by Crippen LogP contribution is 1.95. The molecule has 0 fully saturated rings. The highest BCUT2D eigenvalue weighted by atomic mass is 16.2. The zero-order chi connectivity index (χ0) is 11.8. The molecule has 3 N–H and O–H groups in total. The molecule has 5 heteroatoms. The van der Waals surface area contributed by atoms with Crippen LogP contribution in [0.1, 0.15) is 13.8 Å². The van der Waals surface area contributed by atoms with Crippen LogP contribution in [0.15, 0.2) is 12.2 Å². The van der Waals surface area contributed by atoms with E-state index in [0.717, 1.165) is 5.57 Å². The zero-order valence-electron chi connectivity index (χ0n) is 9.38. The molecular weight excluding hydrogens is 194 g/mol. The molecule has 0 unspecified atom stereocenters. The predicted molar refractivity (Wildman–Crippen MR) is 59.1 cm³/mol. The Bertz CT molecular complexity index is 251. The second-order valence-electron chi connectivity index (χ2n) is 3.35. The minimum absolute atomic E-state index is 0.00282. The van der Waals surface area contributed by atoms with E-state index in [2.05, 4.69) is 11.9 Å². The Morgan fingerprint density at radius 3 is 2.47 bits per heavy atom. The number of hydrogen-bond donors (Lipinski definition) is 2. The summed E-state index contributed by atoms with van der Waals surface area (Å²) in [7, 11) is 0. The lowest BCUT2D eigenvalue weighted by Crippen LogP contribution is -2.42. The van der Waals surface area contributed by atoms with Crippen LogP contribution in [0, 0.1) is 0 Å². The molecule has 5 nitrogen and oxygen atoms in total. The van der Waals surface area contributed by atoms with Gasteiger partial charge < -0.3 is 16.0 Å². The third kappa shape index (κ3) is 5.85. The third-order valence-electron chi connectivity index (χ3n) is 1.82. The van der Waals surface area contributed by atoms with Gasteiger partial charge in [-0.1, -0.05) is 12.2 Å². The predicted octanol–water partition coefficient (Wildman–Crippen LogP) is -0.514. The van der Waals surface area contributed by atoms with Gasteiger partial charge in [-0.3, -0.25) is 9.59 Å². The molecule has 2 amide bonds. The molecule has 0 aliphatic heterocycles. The van der Waals surface area contributed by atoms with E-state index < -0.39 is 0 Å². The van der Waals surface area contributed by atoms with Crippen LogP contribution in [-0.2, 0) is 9.59 Å². The first-order valence-electron chi connectivity index (χ1n) is 4.90. The molecule has 15 heavy (non-hydrogen) atoms. The molecule has 0 aromatic carbocycles. The first-order chi connectivity index (χ1) is 7.01. The van der Waals surface area contributed by atoms with Gasteiger partial charge in [-0.2, -0.15) is 0 Å². The van der Waals surface area contributed by atoms with E-state index in [4.69, 9.17) is 5.73 Å². The summed E-state index contributed by atoms with van der Waals surface area (Å²) in [5.74, 6) is -0.447. The number of amides is 2. The number of likely N-dealkylation sites (N-methyl/N-ethyl adjacent to an activating group) is 1. The van der Waals surface area contributed by atoms with Gasteiger partial charge in [-0.25, -0.2) is 0 Å². The van der Waals surface area contributed by atoms with E-state index in [0.29, 0.717) is 13.1 Å². The molecule has 0 spiro atoms. The van der Waals surface area contributed by atoms with E-state index in [1.54, 1.807) is 4.90 Å². The van der Waals surface area contributed by atoms with Gasteiger partial charge in [0.15, 0.2) is 0 Å². The lowest BCUT2D eigenvalue weighted by molar-refractivity contribution is -0.132. The van der Waals surface area contributed by atoms with Crippen molar-refractivity contribution in [3.05, 3.63) is 12.2 Å². The number of carbonyl (C=O) groups is 2. The second-order valence-corrected chi connectivity index (χ2v) is 3.35. The normalized spacial score (nSPS) is 9.53. The van der Waals surface area contributed by atoms with Gasteiger partial charge in [-0.05, 0) is 13.8 Å². The van der Waals surface area contributed by atoms with Crippen molar-refractivity contribution in [2.24, 2.45) is 5.73 Å². The van der Waals surface area contributed by atoms with E-state index >= 15 is 0 Å². The summed E-state index contributed by atoms with van der Waals surface area (Å²) in [6.45, 7) is 8.49. The summed E-state index contributed by atoms with van der Waals surface area (Å²) < 4.78 is 0. The standard InChI is InChI=1S/C10H19N3O2/c1-4-13(7-8(2)3)10(15)6-12-9(14)5-11/h2,4-7,11H2,1,3H3,(H,12,14). The molecule has 0 aromatic rings. The molecule has 0 saturated carbocycles. The fourth-order valence-corrected chi connectivity index (χ4v) is 1.06. The van der Waals surface area contributed by atoms with Crippen LogP contribution in [0.25, 0.3) is 0 Å². The van der Waals surface area contributed by atoms with Gasteiger partial charge in [0.2, 0.25) is 11.8 Å². The molecule has 0 saturated heterocycles. The quantitative estimate of drug-likeness (QED) is 0.583. The van der Waals surface area contributed by atoms with Gasteiger partial charge in [-0.15, -0.1) is 0 Å². The Morgan fingerprint density at radius 2 is 2.07 bits per heavy atom. The van der Waals surface area contributed by atoms with Crippen molar-refractivity contribution >= 4 is 11.8 Å². The summed E-state index contributed by atoms with van der Waals surface area (Å²) in [4.78, 5) is 24.0. The lowest BCUT2D eigenvalue weighted by atomic mass is 10.3. The highest BCUT2D eigenvalue weighted by molar-refractivity contribution is 5.85. The molecule has 0 heterocycles. The molecular formula is C10H19N3O2. The SMILES string of the molecule is C=C(C)CN(CC)C(=O)CNC(=O)CN. The summed E-state index contributed by atoms with van der Waals surface area (Å²) in [5.41, 5.74) is 6.01. The maximum atomic E-state index is 11.6. The first-order valence-corrected chi connectivity index (χ1v) is 4.90. The van der Waals surface area contributed by atoms with Crippen LogP contribution >= 0.6 is 0 Å². The summed E-state index contributed by atoms with van der Waals surface area (Å²) in [5, 5.41) is 2.44. The molecule has 0 bridgehead atoms. The molecule has 86 valence electrons. The van der Waals surface area contributed by atoms with Crippen LogP contribution < -0.4 is 11.1 Å². The Kier molecular flexibility index (Phi) is 6.37. The van der Waals surface area contributed by atoms with Crippen molar-refractivity contribution in [1.29, 1.82) is 0 Å². The zero-order valence-corrected chi connectivity index (χ0v) is 9.38. The Hall–Kier alpha value is -1.36. The van der Waals surface area contributed by atoms with Crippen LogP contribution in [-0.4, -0.2) is 42.9 Å². The molecule has 0 aliphatic rings. The maximum absolute atomic E-state index is 11.6. The smallest absolute Gasteiger partial charge is 0.242 e. The van der Waals surface area contributed by atoms with Crippen molar-refractivity contribution in [2.45, 2.75) is 13.8 Å². The van der Waals surface area contributed by atoms with Crippen molar-refractivity contribution in [1.82, 2.24) is 10.2 Å². The number of hydrogen-bond acceptors (Lipinski definition) is 3. The van der Waals surface area contributed by atoms with Gasteiger partial charge in [0.1, 0.15) is 0 Å². The highest BCUT2D eigenvalue weighted by Gasteiger charge is 2.11. The number of rotatable bonds is 6. The van der Waals surface area contributed by atoms with Gasteiger partial charge in [0.05, 0.1) is 13.1 Å². The van der Waals surface area contributed by atoms with Gasteiger partial charge in [0, 0.05) is 13.1 Å². The number of nitrogens with one attached hydrogen (secondary N) is 1. The molecule has 0 rings (SSSR count). The Labute approximate surface area is 90.3 Å². The largest absolute Gasteiger partial charge is 0.346 e. The number of nitrogens with two attached hydrogens (primary N) is 1. The Morgan fingerprint density at radius 1 is 1.47 bits per heavy atom. The summed E-state index contributed by atoms with van der Waals surface area (Å²) >= 11 is 0. The lowest BCUT2D eigenvalue weighted by Gasteiger charge is -2.20. The molecule has 0 atom stereocenters. The first kappa shape index (κ1) is 13.6. The van der Waals surface area contributed by atoms with E-state index in [1.807, 2.05) is 13.8 Å². The van der Waals surface area contributed by atoms with E-state index in [1.165, 1.54) is 0 Å². The van der Waals surface area contributed by atoms with Crippen molar-refractivity contribution in [3.8, 4) is 0 Å². The van der Waals surface area contributed by atoms with Gasteiger partial charge in [0.25, 0.3) is 0 Å². The average molecular weight is 213 g/mol. The summed E-state index contributed by atoms with van der Waals surface area (Å²) in [6.07, 6.45) is 0. The third-order valence-corrected chi connectivity index (χ3v) is 1.82. The van der Waals surface area contributed by atoms with Crippen LogP contribution in [0.3, 0.4) is 0 Å². The fourth-order valence-electron chi connectivity index (χ4n) is 1.06. The number of nitrogens with zero attached hydrogens (tertiary/aromatic N) is 1. The van der Waals surface area contributed by atoms with E-state index in [-0.39, 0.29) is 24.9 Å². The topological polar surface area (TPSA) is 75.4 Å².